The minimum atomic E-state index is -0.323. The van der Waals surface area contributed by atoms with Crippen LogP contribution in [-0.4, -0.2) is 94.3 Å². The summed E-state index contributed by atoms with van der Waals surface area (Å²) in [4.78, 5) is 42.4. The van der Waals surface area contributed by atoms with Gasteiger partial charge in [-0.1, -0.05) is 6.92 Å². The van der Waals surface area contributed by atoms with Crippen molar-refractivity contribution in [2.75, 3.05) is 60.0 Å². The number of benzene rings is 2. The predicted octanol–water partition coefficient (Wildman–Crippen LogP) is 2.93. The van der Waals surface area contributed by atoms with Gasteiger partial charge in [-0.25, -0.2) is 0 Å². The molecule has 38 heavy (non-hydrogen) atoms. The smallest absolute Gasteiger partial charge is 0.257 e. The number of amides is 3. The van der Waals surface area contributed by atoms with Crippen LogP contribution in [0, 0.1) is 5.92 Å². The molecule has 0 spiro atoms. The Hall–Kier alpha value is -3.63. The SMILES string of the molecule is COCC(=O)N1C[C@@H](C)[C@H](OC)CN(C)C(=O)c2cc(NC(=O)c3ccc(OC)cc3)ccc2OC[C@H]1C. The highest BCUT2D eigenvalue weighted by Gasteiger charge is 2.30. The number of nitrogens with zero attached hydrogens (tertiary/aromatic N) is 2. The van der Waals surface area contributed by atoms with Crippen molar-refractivity contribution in [2.24, 2.45) is 5.92 Å². The molecule has 10 heteroatoms. The monoisotopic (exact) mass is 527 g/mol. The molecule has 10 nitrogen and oxygen atoms in total. The average Bonchev–Trinajstić information content (AvgIpc) is 2.92. The van der Waals surface area contributed by atoms with E-state index in [4.69, 9.17) is 18.9 Å². The van der Waals surface area contributed by atoms with Crippen LogP contribution >= 0.6 is 0 Å². The Morgan fingerprint density at radius 1 is 1.05 bits per heavy atom. The van der Waals surface area contributed by atoms with E-state index in [-0.39, 0.29) is 49.0 Å². The Bertz CT molecular complexity index is 1120. The van der Waals surface area contributed by atoms with Gasteiger partial charge < -0.3 is 34.1 Å². The molecule has 3 amide bonds. The zero-order chi connectivity index (χ0) is 27.8. The number of likely N-dealkylation sites (N-methyl/N-ethyl adjacent to an activating group) is 1. The van der Waals surface area contributed by atoms with E-state index in [1.54, 1.807) is 73.5 Å². The number of rotatable bonds is 6. The first-order chi connectivity index (χ1) is 18.2. The van der Waals surface area contributed by atoms with E-state index in [2.05, 4.69) is 5.32 Å². The summed E-state index contributed by atoms with van der Waals surface area (Å²) in [6.45, 7) is 4.74. The Morgan fingerprint density at radius 2 is 1.76 bits per heavy atom. The van der Waals surface area contributed by atoms with Gasteiger partial charge in [0.05, 0.1) is 24.8 Å². The summed E-state index contributed by atoms with van der Waals surface area (Å²) in [7, 11) is 6.33. The van der Waals surface area contributed by atoms with E-state index in [1.807, 2.05) is 13.8 Å². The minimum absolute atomic E-state index is 0.0407. The molecule has 2 aromatic carbocycles. The second-order valence-corrected chi connectivity index (χ2v) is 9.47. The molecule has 1 N–H and O–H groups in total. The fourth-order valence-corrected chi connectivity index (χ4v) is 4.35. The topological polar surface area (TPSA) is 107 Å². The van der Waals surface area contributed by atoms with E-state index in [9.17, 15) is 14.4 Å². The zero-order valence-corrected chi connectivity index (χ0v) is 22.9. The molecule has 1 aliphatic rings. The van der Waals surface area contributed by atoms with Crippen LogP contribution in [0.1, 0.15) is 34.6 Å². The predicted molar refractivity (Wildman–Crippen MR) is 143 cm³/mol. The number of carbonyl (C=O) groups excluding carboxylic acids is 3. The first kappa shape index (κ1) is 28.9. The normalized spacial score (nSPS) is 20.5. The second-order valence-electron chi connectivity index (χ2n) is 9.47. The highest BCUT2D eigenvalue weighted by molar-refractivity contribution is 6.05. The van der Waals surface area contributed by atoms with Gasteiger partial charge in [-0.15, -0.1) is 0 Å². The third-order valence-electron chi connectivity index (χ3n) is 6.64. The van der Waals surface area contributed by atoms with Crippen LogP contribution in [0.4, 0.5) is 5.69 Å². The molecule has 0 saturated carbocycles. The summed E-state index contributed by atoms with van der Waals surface area (Å²) < 4.78 is 22.0. The Balaban J connectivity index is 1.92. The minimum Gasteiger partial charge on any atom is -0.497 e. The molecule has 1 heterocycles. The molecule has 0 fully saturated rings. The molecule has 206 valence electrons. The van der Waals surface area contributed by atoms with E-state index < -0.39 is 0 Å². The van der Waals surface area contributed by atoms with Gasteiger partial charge in [0.1, 0.15) is 24.7 Å². The summed E-state index contributed by atoms with van der Waals surface area (Å²) in [6, 6.07) is 11.4. The number of hydrogen-bond donors (Lipinski definition) is 1. The number of hydrogen-bond acceptors (Lipinski definition) is 7. The van der Waals surface area contributed by atoms with Crippen LogP contribution in [0.3, 0.4) is 0 Å². The molecule has 0 unspecified atom stereocenters. The molecule has 0 aliphatic carbocycles. The summed E-state index contributed by atoms with van der Waals surface area (Å²) in [5, 5.41) is 2.84. The number of nitrogens with one attached hydrogen (secondary N) is 1. The van der Waals surface area contributed by atoms with Crippen molar-refractivity contribution < 1.29 is 33.3 Å². The number of ether oxygens (including phenoxy) is 4. The van der Waals surface area contributed by atoms with E-state index in [0.29, 0.717) is 41.4 Å². The molecule has 3 atom stereocenters. The quantitative estimate of drug-likeness (QED) is 0.616. The van der Waals surface area contributed by atoms with Crippen LogP contribution in [0.2, 0.25) is 0 Å². The number of carbonyl (C=O) groups is 3. The van der Waals surface area contributed by atoms with Crippen LogP contribution in [0.5, 0.6) is 11.5 Å². The fraction of sp³-hybridized carbons (Fsp3) is 0.464. The molecule has 0 saturated heterocycles. The lowest BCUT2D eigenvalue weighted by Crippen LogP contribution is -2.49. The zero-order valence-electron chi connectivity index (χ0n) is 22.9. The largest absolute Gasteiger partial charge is 0.497 e. The second kappa shape index (κ2) is 13.3. The van der Waals surface area contributed by atoms with E-state index in [0.717, 1.165) is 0 Å². The van der Waals surface area contributed by atoms with Gasteiger partial charge in [0.2, 0.25) is 5.91 Å². The molecule has 2 aromatic rings. The molecule has 3 rings (SSSR count). The lowest BCUT2D eigenvalue weighted by Gasteiger charge is -2.36. The van der Waals surface area contributed by atoms with Crippen molar-refractivity contribution in [1.29, 1.82) is 0 Å². The number of fused-ring (bicyclic) bond motifs is 1. The van der Waals surface area contributed by atoms with Crippen molar-refractivity contribution in [3.63, 3.8) is 0 Å². The average molecular weight is 528 g/mol. The molecule has 1 aliphatic heterocycles. The summed E-state index contributed by atoms with van der Waals surface area (Å²) >= 11 is 0. The molecule has 0 aromatic heterocycles. The van der Waals surface area contributed by atoms with Crippen molar-refractivity contribution >= 4 is 23.4 Å². The first-order valence-electron chi connectivity index (χ1n) is 12.5. The van der Waals surface area contributed by atoms with Crippen LogP contribution in [0.25, 0.3) is 0 Å². The van der Waals surface area contributed by atoms with Gasteiger partial charge in [-0.2, -0.15) is 0 Å². The van der Waals surface area contributed by atoms with Crippen LogP contribution in [-0.2, 0) is 14.3 Å². The third kappa shape index (κ3) is 7.02. The van der Waals surface area contributed by atoms with Gasteiger partial charge in [0, 0.05) is 51.5 Å². The van der Waals surface area contributed by atoms with E-state index in [1.165, 1.54) is 7.11 Å². The number of anilines is 1. The Kier molecular flexibility index (Phi) is 10.1. The standard InChI is InChI=1S/C28H37N3O7/c1-18-14-31(26(32)17-35-4)19(2)16-38-24-12-9-21(13-23(24)28(34)30(3)15-25(18)37-6)29-27(33)20-7-10-22(36-5)11-8-20/h7-13,18-19,25H,14-17H2,1-6H3,(H,29,33)/t18-,19-,25-/m1/s1. The molecular weight excluding hydrogens is 490 g/mol. The van der Waals surface area contributed by atoms with Crippen molar-refractivity contribution in [3.8, 4) is 11.5 Å². The summed E-state index contributed by atoms with van der Waals surface area (Å²) in [5.41, 5.74) is 1.19. The van der Waals surface area contributed by atoms with Gasteiger partial charge >= 0.3 is 0 Å². The van der Waals surface area contributed by atoms with E-state index >= 15 is 0 Å². The number of methoxy groups -OCH3 is 3. The fourth-order valence-electron chi connectivity index (χ4n) is 4.35. The maximum atomic E-state index is 13.5. The van der Waals surface area contributed by atoms with Crippen molar-refractivity contribution in [2.45, 2.75) is 26.0 Å². The van der Waals surface area contributed by atoms with Gasteiger partial charge in [0.25, 0.3) is 11.8 Å². The maximum Gasteiger partial charge on any atom is 0.257 e. The van der Waals surface area contributed by atoms with Crippen LogP contribution in [0.15, 0.2) is 42.5 Å². The molecule has 0 radical (unpaired) electrons. The molecule has 0 bridgehead atoms. The van der Waals surface area contributed by atoms with Gasteiger partial charge in [-0.3, -0.25) is 14.4 Å². The van der Waals surface area contributed by atoms with Crippen LogP contribution < -0.4 is 14.8 Å². The Labute approximate surface area is 223 Å². The highest BCUT2D eigenvalue weighted by Crippen LogP contribution is 2.27. The third-order valence-corrected chi connectivity index (χ3v) is 6.64. The highest BCUT2D eigenvalue weighted by atomic mass is 16.5. The lowest BCUT2D eigenvalue weighted by molar-refractivity contribution is -0.139. The summed E-state index contributed by atoms with van der Waals surface area (Å²) in [6.07, 6.45) is -0.309. The molecular formula is C28H37N3O7. The first-order valence-corrected chi connectivity index (χ1v) is 12.5. The van der Waals surface area contributed by atoms with Gasteiger partial charge in [0.15, 0.2) is 0 Å². The van der Waals surface area contributed by atoms with Crippen molar-refractivity contribution in [3.05, 3.63) is 53.6 Å². The lowest BCUT2D eigenvalue weighted by atomic mass is 10.0. The van der Waals surface area contributed by atoms with Crippen molar-refractivity contribution in [1.82, 2.24) is 9.80 Å². The summed E-state index contributed by atoms with van der Waals surface area (Å²) in [5.74, 6) is 0.202. The Morgan fingerprint density at radius 3 is 2.39 bits per heavy atom. The van der Waals surface area contributed by atoms with Gasteiger partial charge in [-0.05, 0) is 49.4 Å². The maximum absolute atomic E-state index is 13.5.